The topological polar surface area (TPSA) is 48.2 Å². The zero-order valence-corrected chi connectivity index (χ0v) is 10.7. The van der Waals surface area contributed by atoms with Gasteiger partial charge in [-0.2, -0.15) is 4.98 Å². The van der Waals surface area contributed by atoms with Gasteiger partial charge in [0.1, 0.15) is 11.6 Å². The van der Waals surface area contributed by atoms with Gasteiger partial charge in [-0.25, -0.2) is 4.39 Å². The van der Waals surface area contributed by atoms with Crippen LogP contribution in [0.5, 0.6) is 5.75 Å². The minimum absolute atomic E-state index is 0.280. The minimum Gasteiger partial charge on any atom is -0.497 e. The lowest BCUT2D eigenvalue weighted by Crippen LogP contribution is -1.85. The first-order valence-corrected chi connectivity index (χ1v) is 6.00. The van der Waals surface area contributed by atoms with Crippen LogP contribution in [0.1, 0.15) is 0 Å². The van der Waals surface area contributed by atoms with Gasteiger partial charge in [-0.15, -0.1) is 0 Å². The average molecular weight is 270 g/mol. The molecule has 0 aliphatic heterocycles. The van der Waals surface area contributed by atoms with E-state index in [1.807, 2.05) is 18.2 Å². The molecule has 3 rings (SSSR count). The van der Waals surface area contributed by atoms with Crippen LogP contribution in [0.15, 0.2) is 53.1 Å². The van der Waals surface area contributed by atoms with E-state index >= 15 is 0 Å². The molecule has 3 aromatic rings. The fourth-order valence-electron chi connectivity index (χ4n) is 1.84. The smallest absolute Gasteiger partial charge is 0.258 e. The van der Waals surface area contributed by atoms with Crippen molar-refractivity contribution >= 4 is 0 Å². The summed E-state index contributed by atoms with van der Waals surface area (Å²) in [6.45, 7) is 0. The maximum Gasteiger partial charge on any atom is 0.258 e. The SMILES string of the molecule is COc1cccc(-c2noc(-c3cccc(F)c3)n2)c1. The van der Waals surface area contributed by atoms with Gasteiger partial charge >= 0.3 is 0 Å². The summed E-state index contributed by atoms with van der Waals surface area (Å²) in [6.07, 6.45) is 0. The average Bonchev–Trinajstić information content (AvgIpc) is 2.97. The van der Waals surface area contributed by atoms with Crippen molar-refractivity contribution in [1.29, 1.82) is 0 Å². The maximum atomic E-state index is 13.2. The number of methoxy groups -OCH3 is 1. The normalized spacial score (nSPS) is 10.5. The van der Waals surface area contributed by atoms with Crippen LogP contribution >= 0.6 is 0 Å². The van der Waals surface area contributed by atoms with Crippen molar-refractivity contribution in [1.82, 2.24) is 10.1 Å². The molecule has 0 aliphatic carbocycles. The van der Waals surface area contributed by atoms with Crippen LogP contribution in [0.4, 0.5) is 4.39 Å². The zero-order chi connectivity index (χ0) is 13.9. The highest BCUT2D eigenvalue weighted by Gasteiger charge is 2.11. The Hall–Kier alpha value is -2.69. The number of benzene rings is 2. The van der Waals surface area contributed by atoms with Crippen molar-refractivity contribution in [2.24, 2.45) is 0 Å². The number of nitrogens with zero attached hydrogens (tertiary/aromatic N) is 2. The maximum absolute atomic E-state index is 13.2. The Kier molecular flexibility index (Phi) is 3.16. The molecule has 0 atom stereocenters. The van der Waals surface area contributed by atoms with Crippen molar-refractivity contribution in [3.05, 3.63) is 54.3 Å². The van der Waals surface area contributed by atoms with Crippen molar-refractivity contribution in [2.45, 2.75) is 0 Å². The molecule has 0 spiro atoms. The first-order chi connectivity index (χ1) is 9.76. The van der Waals surface area contributed by atoms with Crippen molar-refractivity contribution in [3.63, 3.8) is 0 Å². The molecule has 1 heterocycles. The largest absolute Gasteiger partial charge is 0.497 e. The molecule has 5 heteroatoms. The number of rotatable bonds is 3. The number of halogens is 1. The molecule has 4 nitrogen and oxygen atoms in total. The Morgan fingerprint density at radius 1 is 1.05 bits per heavy atom. The Bertz CT molecular complexity index is 740. The summed E-state index contributed by atoms with van der Waals surface area (Å²) in [7, 11) is 1.59. The van der Waals surface area contributed by atoms with Crippen LogP contribution in [-0.2, 0) is 0 Å². The number of hydrogen-bond acceptors (Lipinski definition) is 4. The summed E-state index contributed by atoms with van der Waals surface area (Å²) >= 11 is 0. The lowest BCUT2D eigenvalue weighted by Gasteiger charge is -1.99. The van der Waals surface area contributed by atoms with E-state index in [1.54, 1.807) is 25.3 Å². The van der Waals surface area contributed by atoms with Crippen molar-refractivity contribution < 1.29 is 13.7 Å². The molecule has 0 amide bonds. The molecule has 1 aromatic heterocycles. The van der Waals surface area contributed by atoms with Crippen LogP contribution in [0.3, 0.4) is 0 Å². The molecule has 100 valence electrons. The summed E-state index contributed by atoms with van der Waals surface area (Å²) in [5.41, 5.74) is 1.32. The summed E-state index contributed by atoms with van der Waals surface area (Å²) in [5.74, 6) is 1.08. The summed E-state index contributed by atoms with van der Waals surface area (Å²) in [5, 5.41) is 3.90. The van der Waals surface area contributed by atoms with Gasteiger partial charge in [0.15, 0.2) is 0 Å². The fraction of sp³-hybridized carbons (Fsp3) is 0.0667. The minimum atomic E-state index is -0.344. The second kappa shape index (κ2) is 5.13. The molecule has 0 N–H and O–H groups in total. The second-order valence-corrected chi connectivity index (χ2v) is 4.17. The van der Waals surface area contributed by atoms with E-state index in [4.69, 9.17) is 9.26 Å². The Morgan fingerprint density at radius 2 is 1.85 bits per heavy atom. The third-order valence-electron chi connectivity index (χ3n) is 2.83. The fourth-order valence-corrected chi connectivity index (χ4v) is 1.84. The second-order valence-electron chi connectivity index (χ2n) is 4.17. The van der Waals surface area contributed by atoms with Crippen LogP contribution in [0.25, 0.3) is 22.8 Å². The van der Waals surface area contributed by atoms with Gasteiger partial charge in [0.2, 0.25) is 5.82 Å². The molecule has 0 aliphatic rings. The Morgan fingerprint density at radius 3 is 2.65 bits per heavy atom. The molecular formula is C15H11FN2O2. The molecule has 0 bridgehead atoms. The van der Waals surface area contributed by atoms with E-state index in [0.29, 0.717) is 17.1 Å². The summed E-state index contributed by atoms with van der Waals surface area (Å²) in [4.78, 5) is 4.27. The van der Waals surface area contributed by atoms with E-state index in [1.165, 1.54) is 12.1 Å². The highest BCUT2D eigenvalue weighted by atomic mass is 19.1. The molecule has 20 heavy (non-hydrogen) atoms. The highest BCUT2D eigenvalue weighted by Crippen LogP contribution is 2.24. The van der Waals surface area contributed by atoms with Crippen LogP contribution in [0, 0.1) is 5.82 Å². The van der Waals surface area contributed by atoms with E-state index in [0.717, 1.165) is 5.56 Å². The lowest BCUT2D eigenvalue weighted by molar-refractivity contribution is 0.414. The van der Waals surface area contributed by atoms with Crippen LogP contribution < -0.4 is 4.74 Å². The van der Waals surface area contributed by atoms with Gasteiger partial charge in [0.05, 0.1) is 7.11 Å². The first-order valence-electron chi connectivity index (χ1n) is 6.00. The predicted octanol–water partition coefficient (Wildman–Crippen LogP) is 3.55. The van der Waals surface area contributed by atoms with E-state index in [2.05, 4.69) is 10.1 Å². The molecule has 0 saturated heterocycles. The van der Waals surface area contributed by atoms with Crippen molar-refractivity contribution in [2.75, 3.05) is 7.11 Å². The standard InChI is InChI=1S/C15H11FN2O2/c1-19-13-7-3-4-10(9-13)14-17-15(20-18-14)11-5-2-6-12(16)8-11/h2-9H,1H3. The summed E-state index contributed by atoms with van der Waals surface area (Å²) in [6, 6.07) is 13.4. The van der Waals surface area contributed by atoms with Gasteiger partial charge in [-0.1, -0.05) is 23.4 Å². The molecule has 0 radical (unpaired) electrons. The first kappa shape index (κ1) is 12.3. The third-order valence-corrected chi connectivity index (χ3v) is 2.83. The van der Waals surface area contributed by atoms with E-state index in [-0.39, 0.29) is 11.7 Å². The van der Waals surface area contributed by atoms with Gasteiger partial charge in [0.25, 0.3) is 5.89 Å². The van der Waals surface area contributed by atoms with Crippen LogP contribution in [0.2, 0.25) is 0 Å². The quantitative estimate of drug-likeness (QED) is 0.730. The van der Waals surface area contributed by atoms with Gasteiger partial charge in [0, 0.05) is 11.1 Å². The van der Waals surface area contributed by atoms with Gasteiger partial charge in [-0.3, -0.25) is 0 Å². The van der Waals surface area contributed by atoms with Gasteiger partial charge in [-0.05, 0) is 30.3 Å². The Balaban J connectivity index is 1.97. The van der Waals surface area contributed by atoms with Crippen molar-refractivity contribution in [3.8, 4) is 28.6 Å². The summed E-state index contributed by atoms with van der Waals surface area (Å²) < 4.78 is 23.5. The van der Waals surface area contributed by atoms with Crippen LogP contribution in [-0.4, -0.2) is 17.3 Å². The Labute approximate surface area is 114 Å². The molecular weight excluding hydrogens is 259 g/mol. The van der Waals surface area contributed by atoms with Gasteiger partial charge < -0.3 is 9.26 Å². The van der Waals surface area contributed by atoms with E-state index in [9.17, 15) is 4.39 Å². The molecule has 0 fully saturated rings. The third kappa shape index (κ3) is 2.38. The highest BCUT2D eigenvalue weighted by molar-refractivity contribution is 5.61. The lowest BCUT2D eigenvalue weighted by atomic mass is 10.2. The number of hydrogen-bond donors (Lipinski definition) is 0. The number of ether oxygens (including phenoxy) is 1. The molecule has 0 saturated carbocycles. The number of aromatic nitrogens is 2. The predicted molar refractivity (Wildman–Crippen MR) is 71.7 cm³/mol. The molecule has 0 unspecified atom stereocenters. The molecule has 2 aromatic carbocycles. The van der Waals surface area contributed by atoms with E-state index < -0.39 is 0 Å². The monoisotopic (exact) mass is 270 g/mol. The zero-order valence-electron chi connectivity index (χ0n) is 10.7.